The highest BCUT2D eigenvalue weighted by Gasteiger charge is 2.33. The normalized spacial score (nSPS) is 21.0. The lowest BCUT2D eigenvalue weighted by Gasteiger charge is -2.37. The van der Waals surface area contributed by atoms with Crippen molar-refractivity contribution in [2.45, 2.75) is 51.7 Å². The van der Waals surface area contributed by atoms with E-state index >= 15 is 0 Å². The average Bonchev–Trinajstić information content (AvgIpc) is 2.24. The maximum atomic E-state index is 12.4. The van der Waals surface area contributed by atoms with Crippen molar-refractivity contribution in [3.63, 3.8) is 0 Å². The third-order valence-corrected chi connectivity index (χ3v) is 4.23. The third-order valence-electron chi connectivity index (χ3n) is 3.51. The lowest BCUT2D eigenvalue weighted by Crippen LogP contribution is -2.53. The van der Waals surface area contributed by atoms with Gasteiger partial charge >= 0.3 is 0 Å². The van der Waals surface area contributed by atoms with E-state index in [1.54, 1.807) is 11.8 Å². The molecular weight excluding hydrogens is 280 g/mol. The Labute approximate surface area is 121 Å². The molecule has 0 saturated carbocycles. The molecular formula is C13H26N2O4S. The van der Waals surface area contributed by atoms with Crippen molar-refractivity contribution < 1.29 is 18.3 Å². The van der Waals surface area contributed by atoms with Crippen molar-refractivity contribution in [3.05, 3.63) is 0 Å². The molecule has 0 radical (unpaired) electrons. The molecule has 6 nitrogen and oxygen atoms in total. The van der Waals surface area contributed by atoms with Crippen molar-refractivity contribution in [1.29, 1.82) is 0 Å². The molecule has 1 aliphatic rings. The Kier molecular flexibility index (Phi) is 5.57. The van der Waals surface area contributed by atoms with Crippen LogP contribution >= 0.6 is 0 Å². The van der Waals surface area contributed by atoms with Crippen LogP contribution in [0.2, 0.25) is 0 Å². The number of sulfonamides is 1. The summed E-state index contributed by atoms with van der Waals surface area (Å²) in [5.41, 5.74) is -0.728. The van der Waals surface area contributed by atoms with Crippen LogP contribution < -0.4 is 4.72 Å². The minimum atomic E-state index is -3.42. The zero-order chi connectivity index (χ0) is 15.6. The summed E-state index contributed by atoms with van der Waals surface area (Å²) in [6.07, 6.45) is 2.57. The Hall–Kier alpha value is -0.660. The molecule has 118 valence electrons. The summed E-state index contributed by atoms with van der Waals surface area (Å²) < 4.78 is 25.2. The van der Waals surface area contributed by atoms with Crippen molar-refractivity contribution in [2.24, 2.45) is 5.92 Å². The number of aliphatic hydroxyl groups is 1. The van der Waals surface area contributed by atoms with E-state index in [9.17, 15) is 18.3 Å². The van der Waals surface area contributed by atoms with Gasteiger partial charge in [0.15, 0.2) is 0 Å². The molecule has 2 N–H and O–H groups in total. The molecule has 0 aliphatic carbocycles. The Balaban J connectivity index is 2.73. The number of nitrogens with one attached hydrogen (secondary N) is 1. The number of likely N-dealkylation sites (tertiary alicyclic amines) is 1. The van der Waals surface area contributed by atoms with E-state index in [4.69, 9.17) is 0 Å². The van der Waals surface area contributed by atoms with E-state index in [0.29, 0.717) is 32.4 Å². The van der Waals surface area contributed by atoms with Crippen LogP contribution in [0.15, 0.2) is 0 Å². The standard InChI is InChI=1S/C13H26N2O4S/c1-10(2)9-11(14-20(4,18)19)12(16)15-7-5-13(3,17)6-8-15/h10-11,14,17H,5-9H2,1-4H3. The smallest absolute Gasteiger partial charge is 0.240 e. The van der Waals surface area contributed by atoms with Crippen LogP contribution in [-0.2, 0) is 14.8 Å². The van der Waals surface area contributed by atoms with Crippen LogP contribution in [0.25, 0.3) is 0 Å². The number of rotatable bonds is 5. The highest BCUT2D eigenvalue weighted by molar-refractivity contribution is 7.88. The van der Waals surface area contributed by atoms with Gasteiger partial charge in [0.2, 0.25) is 15.9 Å². The van der Waals surface area contributed by atoms with E-state index < -0.39 is 21.7 Å². The zero-order valence-corrected chi connectivity index (χ0v) is 13.5. The first-order valence-corrected chi connectivity index (χ1v) is 8.88. The van der Waals surface area contributed by atoms with Gasteiger partial charge in [-0.3, -0.25) is 4.79 Å². The van der Waals surface area contributed by atoms with Gasteiger partial charge in [0.25, 0.3) is 0 Å². The van der Waals surface area contributed by atoms with Gasteiger partial charge in [-0.15, -0.1) is 0 Å². The second kappa shape index (κ2) is 6.41. The third kappa shape index (κ3) is 5.76. The fraction of sp³-hybridized carbons (Fsp3) is 0.923. The lowest BCUT2D eigenvalue weighted by atomic mass is 9.93. The summed E-state index contributed by atoms with van der Waals surface area (Å²) in [6, 6.07) is -0.715. The number of hydrogen-bond acceptors (Lipinski definition) is 4. The average molecular weight is 306 g/mol. The van der Waals surface area contributed by atoms with E-state index in [0.717, 1.165) is 6.26 Å². The van der Waals surface area contributed by atoms with Gasteiger partial charge in [-0.05, 0) is 32.1 Å². The SMILES string of the molecule is CC(C)CC(NS(C)(=O)=O)C(=O)N1CCC(C)(O)CC1. The summed E-state index contributed by atoms with van der Waals surface area (Å²) in [6.45, 7) is 6.59. The Bertz CT molecular complexity index is 435. The summed E-state index contributed by atoms with van der Waals surface area (Å²) >= 11 is 0. The van der Waals surface area contributed by atoms with Crippen molar-refractivity contribution in [3.8, 4) is 0 Å². The second-order valence-corrected chi connectivity index (χ2v) is 8.17. The van der Waals surface area contributed by atoms with Crippen molar-refractivity contribution in [1.82, 2.24) is 9.62 Å². The molecule has 1 saturated heterocycles. The number of carbonyl (C=O) groups excluding carboxylic acids is 1. The number of carbonyl (C=O) groups is 1. The minimum absolute atomic E-state index is 0.195. The molecule has 1 atom stereocenters. The summed E-state index contributed by atoms with van der Waals surface area (Å²) in [4.78, 5) is 14.1. The fourth-order valence-electron chi connectivity index (χ4n) is 2.36. The highest BCUT2D eigenvalue weighted by atomic mass is 32.2. The largest absolute Gasteiger partial charge is 0.390 e. The highest BCUT2D eigenvalue weighted by Crippen LogP contribution is 2.22. The van der Waals surface area contributed by atoms with E-state index in [1.165, 1.54) is 0 Å². The first kappa shape index (κ1) is 17.4. The number of piperidine rings is 1. The van der Waals surface area contributed by atoms with Gasteiger partial charge in [-0.25, -0.2) is 13.1 Å². The van der Waals surface area contributed by atoms with Crippen molar-refractivity contribution >= 4 is 15.9 Å². The molecule has 0 aromatic heterocycles. The minimum Gasteiger partial charge on any atom is -0.390 e. The molecule has 7 heteroatoms. The van der Waals surface area contributed by atoms with E-state index in [2.05, 4.69) is 4.72 Å². The number of amides is 1. The Morgan fingerprint density at radius 3 is 2.25 bits per heavy atom. The Morgan fingerprint density at radius 1 is 1.35 bits per heavy atom. The first-order valence-electron chi connectivity index (χ1n) is 6.99. The first-order chi connectivity index (χ1) is 9.00. The van der Waals surface area contributed by atoms with Gasteiger partial charge < -0.3 is 10.0 Å². The molecule has 0 aromatic rings. The summed E-state index contributed by atoms with van der Waals surface area (Å²) in [5, 5.41) is 9.90. The topological polar surface area (TPSA) is 86.7 Å². The molecule has 1 heterocycles. The molecule has 20 heavy (non-hydrogen) atoms. The molecule has 1 unspecified atom stereocenters. The molecule has 1 aliphatic heterocycles. The van der Waals surface area contributed by atoms with E-state index in [1.807, 2.05) is 13.8 Å². The molecule has 1 fully saturated rings. The van der Waals surface area contributed by atoms with Crippen LogP contribution in [0.4, 0.5) is 0 Å². The monoisotopic (exact) mass is 306 g/mol. The molecule has 1 amide bonds. The zero-order valence-electron chi connectivity index (χ0n) is 12.7. The van der Waals surface area contributed by atoms with Gasteiger partial charge in [-0.2, -0.15) is 0 Å². The number of hydrogen-bond donors (Lipinski definition) is 2. The quantitative estimate of drug-likeness (QED) is 0.766. The maximum Gasteiger partial charge on any atom is 0.240 e. The predicted octanol–water partition coefficient (Wildman–Crippen LogP) is 0.324. The van der Waals surface area contributed by atoms with Crippen LogP contribution in [0.3, 0.4) is 0 Å². The summed E-state index contributed by atoms with van der Waals surface area (Å²) in [7, 11) is -3.42. The molecule has 1 rings (SSSR count). The van der Waals surface area contributed by atoms with Gasteiger partial charge in [0.1, 0.15) is 6.04 Å². The van der Waals surface area contributed by atoms with E-state index in [-0.39, 0.29) is 11.8 Å². The number of nitrogens with zero attached hydrogens (tertiary/aromatic N) is 1. The van der Waals surface area contributed by atoms with Crippen LogP contribution in [0.1, 0.15) is 40.0 Å². The van der Waals surface area contributed by atoms with Crippen molar-refractivity contribution in [2.75, 3.05) is 19.3 Å². The second-order valence-electron chi connectivity index (χ2n) is 6.39. The van der Waals surface area contributed by atoms with Crippen LogP contribution in [0, 0.1) is 5.92 Å². The van der Waals surface area contributed by atoms with Crippen LogP contribution in [-0.4, -0.2) is 55.3 Å². The molecule has 0 spiro atoms. The van der Waals surface area contributed by atoms with Crippen LogP contribution in [0.5, 0.6) is 0 Å². The fourth-order valence-corrected chi connectivity index (χ4v) is 3.07. The van der Waals surface area contributed by atoms with Gasteiger partial charge in [0.05, 0.1) is 11.9 Å². The lowest BCUT2D eigenvalue weighted by molar-refractivity contribution is -0.137. The molecule has 0 aromatic carbocycles. The predicted molar refractivity (Wildman–Crippen MR) is 77.7 cm³/mol. The molecule has 0 bridgehead atoms. The Morgan fingerprint density at radius 2 is 1.85 bits per heavy atom. The van der Waals surface area contributed by atoms with Gasteiger partial charge in [0, 0.05) is 13.1 Å². The summed E-state index contributed by atoms with van der Waals surface area (Å²) in [5.74, 6) is 0.0192. The maximum absolute atomic E-state index is 12.4. The van der Waals surface area contributed by atoms with Gasteiger partial charge in [-0.1, -0.05) is 13.8 Å².